The summed E-state index contributed by atoms with van der Waals surface area (Å²) in [6.07, 6.45) is 0.563. The van der Waals surface area contributed by atoms with E-state index in [4.69, 9.17) is 4.74 Å². The van der Waals surface area contributed by atoms with Crippen molar-refractivity contribution in [3.8, 4) is 0 Å². The van der Waals surface area contributed by atoms with Gasteiger partial charge in [-0.3, -0.25) is 4.79 Å². The standard InChI is InChI=1S/C22H35N3O3/c1-21(2,3)17-8-10-18(11-9-17)23(7)14-19-15-24(12-13-25(19)16-26)20(27)28-22(4,5)6/h8-11,16,19H,12-15H2,1-7H3. The molecule has 1 fully saturated rings. The average Bonchev–Trinajstić information content (AvgIpc) is 2.59. The molecule has 6 heteroatoms. The van der Waals surface area contributed by atoms with Crippen LogP contribution in [-0.2, 0) is 14.9 Å². The first-order valence-corrected chi connectivity index (χ1v) is 9.91. The molecule has 0 N–H and O–H groups in total. The lowest BCUT2D eigenvalue weighted by atomic mass is 9.87. The number of ether oxygens (including phenoxy) is 1. The first-order valence-electron chi connectivity index (χ1n) is 9.91. The van der Waals surface area contributed by atoms with E-state index in [1.807, 2.05) is 27.8 Å². The van der Waals surface area contributed by atoms with Gasteiger partial charge in [-0.05, 0) is 43.9 Å². The van der Waals surface area contributed by atoms with Crippen LogP contribution in [0.5, 0.6) is 0 Å². The molecule has 0 aromatic heterocycles. The first kappa shape index (κ1) is 22.1. The Labute approximate surface area is 169 Å². The van der Waals surface area contributed by atoms with Gasteiger partial charge in [-0.1, -0.05) is 32.9 Å². The quantitative estimate of drug-likeness (QED) is 0.740. The Hall–Kier alpha value is -2.24. The Morgan fingerprint density at radius 1 is 1.14 bits per heavy atom. The molecule has 156 valence electrons. The maximum atomic E-state index is 12.4. The van der Waals surface area contributed by atoms with Crippen LogP contribution >= 0.6 is 0 Å². The normalized spacial score (nSPS) is 18.0. The number of likely N-dealkylation sites (N-methyl/N-ethyl adjacent to an activating group) is 1. The molecular weight excluding hydrogens is 354 g/mol. The summed E-state index contributed by atoms with van der Waals surface area (Å²) in [6.45, 7) is 14.3. The van der Waals surface area contributed by atoms with E-state index in [1.54, 1.807) is 9.80 Å². The van der Waals surface area contributed by atoms with Crippen LogP contribution in [0.15, 0.2) is 24.3 Å². The molecule has 1 heterocycles. The molecule has 1 aromatic carbocycles. The number of anilines is 1. The lowest BCUT2D eigenvalue weighted by Gasteiger charge is -2.41. The van der Waals surface area contributed by atoms with Crippen LogP contribution in [0.1, 0.15) is 47.1 Å². The van der Waals surface area contributed by atoms with E-state index in [0.717, 1.165) is 12.1 Å². The van der Waals surface area contributed by atoms with Gasteiger partial charge in [-0.15, -0.1) is 0 Å². The van der Waals surface area contributed by atoms with Crippen LogP contribution in [0.2, 0.25) is 0 Å². The van der Waals surface area contributed by atoms with Crippen LogP contribution in [0.4, 0.5) is 10.5 Å². The van der Waals surface area contributed by atoms with E-state index in [-0.39, 0.29) is 17.6 Å². The molecule has 6 nitrogen and oxygen atoms in total. The van der Waals surface area contributed by atoms with Crippen LogP contribution < -0.4 is 4.90 Å². The molecule has 1 saturated heterocycles. The van der Waals surface area contributed by atoms with Gasteiger partial charge in [0.25, 0.3) is 0 Å². The van der Waals surface area contributed by atoms with Crippen molar-refractivity contribution < 1.29 is 14.3 Å². The maximum absolute atomic E-state index is 12.4. The minimum absolute atomic E-state index is 0.0777. The molecule has 1 aromatic rings. The zero-order valence-electron chi connectivity index (χ0n) is 18.4. The number of hydrogen-bond donors (Lipinski definition) is 0. The molecular formula is C22H35N3O3. The van der Waals surface area contributed by atoms with Gasteiger partial charge in [0.1, 0.15) is 5.60 Å². The molecule has 0 radical (unpaired) electrons. The number of carbonyl (C=O) groups excluding carboxylic acids is 2. The second kappa shape index (κ2) is 8.41. The second-order valence-electron chi connectivity index (χ2n) is 9.60. The summed E-state index contributed by atoms with van der Waals surface area (Å²) in [4.78, 5) is 29.6. The summed E-state index contributed by atoms with van der Waals surface area (Å²) in [7, 11) is 2.02. The smallest absolute Gasteiger partial charge is 0.410 e. The topological polar surface area (TPSA) is 53.1 Å². The average molecular weight is 390 g/mol. The molecule has 1 atom stereocenters. The predicted octanol–water partition coefficient (Wildman–Crippen LogP) is 3.50. The summed E-state index contributed by atoms with van der Waals surface area (Å²) in [5, 5.41) is 0. The summed E-state index contributed by atoms with van der Waals surface area (Å²) >= 11 is 0. The lowest BCUT2D eigenvalue weighted by molar-refractivity contribution is -0.122. The minimum Gasteiger partial charge on any atom is -0.444 e. The van der Waals surface area contributed by atoms with Gasteiger partial charge in [0, 0.05) is 38.9 Å². The van der Waals surface area contributed by atoms with Crippen molar-refractivity contribution >= 4 is 18.2 Å². The molecule has 0 spiro atoms. The fraction of sp³-hybridized carbons (Fsp3) is 0.636. The number of amides is 2. The van der Waals surface area contributed by atoms with Gasteiger partial charge in [-0.25, -0.2) is 4.79 Å². The fourth-order valence-corrected chi connectivity index (χ4v) is 3.30. The Morgan fingerprint density at radius 3 is 2.25 bits per heavy atom. The molecule has 1 aliphatic heterocycles. The van der Waals surface area contributed by atoms with Gasteiger partial charge >= 0.3 is 6.09 Å². The van der Waals surface area contributed by atoms with Crippen molar-refractivity contribution in [3.63, 3.8) is 0 Å². The molecule has 0 aliphatic carbocycles. The molecule has 0 bridgehead atoms. The van der Waals surface area contributed by atoms with E-state index < -0.39 is 5.60 Å². The molecule has 28 heavy (non-hydrogen) atoms. The van der Waals surface area contributed by atoms with Crippen molar-refractivity contribution in [2.45, 2.75) is 58.6 Å². The largest absolute Gasteiger partial charge is 0.444 e. The fourth-order valence-electron chi connectivity index (χ4n) is 3.30. The molecule has 2 rings (SSSR count). The Morgan fingerprint density at radius 2 is 1.75 bits per heavy atom. The van der Waals surface area contributed by atoms with Crippen molar-refractivity contribution in [1.82, 2.24) is 9.80 Å². The number of rotatable bonds is 4. The highest BCUT2D eigenvalue weighted by molar-refractivity contribution is 5.68. The molecule has 0 saturated carbocycles. The Kier molecular flexibility index (Phi) is 6.63. The first-order chi connectivity index (χ1) is 12.9. The highest BCUT2D eigenvalue weighted by Crippen LogP contribution is 2.25. The van der Waals surface area contributed by atoms with Gasteiger partial charge in [0.05, 0.1) is 6.04 Å². The molecule has 2 amide bonds. The third kappa shape index (κ3) is 5.88. The number of carbonyl (C=O) groups is 2. The predicted molar refractivity (Wildman–Crippen MR) is 113 cm³/mol. The van der Waals surface area contributed by atoms with Crippen molar-refractivity contribution in [2.24, 2.45) is 0 Å². The lowest BCUT2D eigenvalue weighted by Crippen LogP contribution is -2.58. The monoisotopic (exact) mass is 389 g/mol. The summed E-state index contributed by atoms with van der Waals surface area (Å²) in [6, 6.07) is 8.45. The van der Waals surface area contributed by atoms with Gasteiger partial charge < -0.3 is 19.4 Å². The number of piperazine rings is 1. The summed E-state index contributed by atoms with van der Waals surface area (Å²) in [5.74, 6) is 0. The van der Waals surface area contributed by atoms with Crippen LogP contribution in [-0.4, -0.2) is 67.2 Å². The van der Waals surface area contributed by atoms with Crippen molar-refractivity contribution in [1.29, 1.82) is 0 Å². The number of hydrogen-bond acceptors (Lipinski definition) is 4. The third-order valence-corrected chi connectivity index (χ3v) is 4.97. The van der Waals surface area contributed by atoms with Crippen molar-refractivity contribution in [3.05, 3.63) is 29.8 Å². The van der Waals surface area contributed by atoms with E-state index >= 15 is 0 Å². The number of benzene rings is 1. The van der Waals surface area contributed by atoms with Crippen LogP contribution in [0.25, 0.3) is 0 Å². The molecule has 1 unspecified atom stereocenters. The van der Waals surface area contributed by atoms with E-state index in [0.29, 0.717) is 26.2 Å². The minimum atomic E-state index is -0.528. The van der Waals surface area contributed by atoms with E-state index in [1.165, 1.54) is 5.56 Å². The van der Waals surface area contributed by atoms with Gasteiger partial charge in [0.2, 0.25) is 6.41 Å². The zero-order valence-corrected chi connectivity index (χ0v) is 18.4. The van der Waals surface area contributed by atoms with E-state index in [9.17, 15) is 9.59 Å². The Bertz CT molecular complexity index is 674. The summed E-state index contributed by atoms with van der Waals surface area (Å²) < 4.78 is 5.50. The zero-order chi connectivity index (χ0) is 21.1. The van der Waals surface area contributed by atoms with E-state index in [2.05, 4.69) is 49.9 Å². The maximum Gasteiger partial charge on any atom is 0.410 e. The second-order valence-corrected chi connectivity index (χ2v) is 9.60. The van der Waals surface area contributed by atoms with Crippen LogP contribution in [0.3, 0.4) is 0 Å². The summed E-state index contributed by atoms with van der Waals surface area (Å²) in [5.41, 5.74) is 1.96. The number of nitrogens with zero attached hydrogens (tertiary/aromatic N) is 3. The molecule has 1 aliphatic rings. The highest BCUT2D eigenvalue weighted by Gasteiger charge is 2.32. The SMILES string of the molecule is CN(CC1CN(C(=O)OC(C)(C)C)CCN1C=O)c1ccc(C(C)(C)C)cc1. The van der Waals surface area contributed by atoms with Gasteiger partial charge in [-0.2, -0.15) is 0 Å². The van der Waals surface area contributed by atoms with Crippen LogP contribution in [0, 0.1) is 0 Å². The van der Waals surface area contributed by atoms with Crippen molar-refractivity contribution in [2.75, 3.05) is 38.1 Å². The highest BCUT2D eigenvalue weighted by atomic mass is 16.6. The van der Waals surface area contributed by atoms with Gasteiger partial charge in [0.15, 0.2) is 0 Å². The Balaban J connectivity index is 2.06. The third-order valence-electron chi connectivity index (χ3n) is 4.97.